The summed E-state index contributed by atoms with van der Waals surface area (Å²) < 4.78 is 2.25. The van der Waals surface area contributed by atoms with Gasteiger partial charge < -0.3 is 4.57 Å². The predicted octanol–water partition coefficient (Wildman–Crippen LogP) is 6.00. The van der Waals surface area contributed by atoms with E-state index in [4.69, 9.17) is 0 Å². The molecule has 5 aromatic rings. The Balaban J connectivity index is 1.79. The average molecular weight is 345 g/mol. The normalized spacial score (nSPS) is 12.5. The van der Waals surface area contributed by atoms with Gasteiger partial charge in [-0.2, -0.15) is 0 Å². The smallest absolute Gasteiger partial charge is 0.194 e. The van der Waals surface area contributed by atoms with E-state index in [-0.39, 0.29) is 5.78 Å². The third kappa shape index (κ3) is 1.87. The molecule has 126 valence electrons. The molecule has 0 amide bonds. The minimum Gasteiger partial charge on any atom is -0.309 e. The first-order chi connectivity index (χ1) is 13.3. The van der Waals surface area contributed by atoms with E-state index in [2.05, 4.69) is 53.1 Å². The Kier molecular flexibility index (Phi) is 2.78. The number of para-hydroxylation sites is 2. The second kappa shape index (κ2) is 5.18. The van der Waals surface area contributed by atoms with Crippen LogP contribution < -0.4 is 0 Å². The summed E-state index contributed by atoms with van der Waals surface area (Å²) in [5, 5.41) is 2.38. The first-order valence-corrected chi connectivity index (χ1v) is 9.10. The fraction of sp³-hybridized carbons (Fsp3) is 0. The first-order valence-electron chi connectivity index (χ1n) is 9.10. The molecule has 2 nitrogen and oxygen atoms in total. The number of nitrogens with zero attached hydrogens (tertiary/aromatic N) is 1. The van der Waals surface area contributed by atoms with Crippen LogP contribution >= 0.6 is 0 Å². The molecule has 0 unspecified atom stereocenters. The fourth-order valence-electron chi connectivity index (χ4n) is 4.34. The summed E-state index contributed by atoms with van der Waals surface area (Å²) in [5.41, 5.74) is 7.01. The van der Waals surface area contributed by atoms with Crippen molar-refractivity contribution in [2.75, 3.05) is 0 Å². The molecule has 0 aliphatic heterocycles. The van der Waals surface area contributed by atoms with Crippen molar-refractivity contribution in [1.29, 1.82) is 0 Å². The van der Waals surface area contributed by atoms with Crippen LogP contribution in [0.3, 0.4) is 0 Å². The Labute approximate surface area is 156 Å². The lowest BCUT2D eigenvalue weighted by Gasteiger charge is -2.08. The van der Waals surface area contributed by atoms with Crippen LogP contribution in [-0.2, 0) is 0 Å². The van der Waals surface area contributed by atoms with Crippen LogP contribution in [0.15, 0.2) is 91.0 Å². The van der Waals surface area contributed by atoms with Crippen molar-refractivity contribution in [3.63, 3.8) is 0 Å². The number of rotatable bonds is 1. The van der Waals surface area contributed by atoms with Gasteiger partial charge in [-0.3, -0.25) is 4.79 Å². The van der Waals surface area contributed by atoms with E-state index in [9.17, 15) is 4.79 Å². The third-order valence-electron chi connectivity index (χ3n) is 5.53. The van der Waals surface area contributed by atoms with Gasteiger partial charge in [-0.15, -0.1) is 0 Å². The molecule has 0 bridgehead atoms. The Morgan fingerprint density at radius 1 is 0.519 bits per heavy atom. The molecule has 4 aromatic carbocycles. The summed E-state index contributed by atoms with van der Waals surface area (Å²) in [6, 6.07) is 30.9. The molecule has 1 aliphatic carbocycles. The highest BCUT2D eigenvalue weighted by molar-refractivity contribution is 6.25. The van der Waals surface area contributed by atoms with Gasteiger partial charge in [-0.25, -0.2) is 0 Å². The lowest BCUT2D eigenvalue weighted by atomic mass is 10.0. The van der Waals surface area contributed by atoms with Crippen molar-refractivity contribution in [1.82, 2.24) is 4.57 Å². The minimum absolute atomic E-state index is 0.118. The number of hydrogen-bond acceptors (Lipinski definition) is 1. The fourth-order valence-corrected chi connectivity index (χ4v) is 4.34. The average Bonchev–Trinajstić information content (AvgIpc) is 3.20. The number of aromatic nitrogens is 1. The van der Waals surface area contributed by atoms with E-state index in [1.54, 1.807) is 0 Å². The molecule has 1 aliphatic rings. The van der Waals surface area contributed by atoms with Gasteiger partial charge in [-0.05, 0) is 41.5 Å². The van der Waals surface area contributed by atoms with Crippen molar-refractivity contribution in [2.24, 2.45) is 0 Å². The van der Waals surface area contributed by atoms with Gasteiger partial charge >= 0.3 is 0 Å². The van der Waals surface area contributed by atoms with E-state index in [1.165, 1.54) is 10.8 Å². The van der Waals surface area contributed by atoms with E-state index >= 15 is 0 Å². The van der Waals surface area contributed by atoms with Crippen LogP contribution in [0, 0.1) is 0 Å². The summed E-state index contributed by atoms with van der Waals surface area (Å²) in [4.78, 5) is 13.0. The van der Waals surface area contributed by atoms with Gasteiger partial charge in [0.1, 0.15) is 0 Å². The molecule has 0 fully saturated rings. The van der Waals surface area contributed by atoms with E-state index in [0.717, 1.165) is 39.0 Å². The van der Waals surface area contributed by atoms with Crippen molar-refractivity contribution in [2.45, 2.75) is 0 Å². The summed E-state index contributed by atoms with van der Waals surface area (Å²) in [7, 11) is 0. The monoisotopic (exact) mass is 345 g/mol. The van der Waals surface area contributed by atoms with Gasteiger partial charge in [-0.1, -0.05) is 60.7 Å². The molecular formula is C25H15NO. The Bertz CT molecular complexity index is 1380. The third-order valence-corrected chi connectivity index (χ3v) is 5.53. The number of ketones is 1. The number of hydrogen-bond donors (Lipinski definition) is 0. The van der Waals surface area contributed by atoms with E-state index in [0.29, 0.717) is 0 Å². The largest absolute Gasteiger partial charge is 0.309 e. The molecule has 0 N–H and O–H groups in total. The van der Waals surface area contributed by atoms with Crippen molar-refractivity contribution < 1.29 is 4.79 Å². The standard InChI is InChI=1S/C25H15NO/c27-25-19-12-5-4-10-17(19)20-14-21-18-11-6-7-13-23(18)26(24(21)15-22(20)25)16-8-2-1-3-9-16/h1-15H. The number of carbonyl (C=O) groups excluding carboxylic acids is 1. The maximum Gasteiger partial charge on any atom is 0.194 e. The summed E-state index contributed by atoms with van der Waals surface area (Å²) in [6.45, 7) is 0. The summed E-state index contributed by atoms with van der Waals surface area (Å²) in [6.07, 6.45) is 0. The number of benzene rings is 4. The molecule has 0 radical (unpaired) electrons. The highest BCUT2D eigenvalue weighted by Crippen LogP contribution is 2.42. The van der Waals surface area contributed by atoms with E-state index in [1.807, 2.05) is 42.5 Å². The predicted molar refractivity (Wildman–Crippen MR) is 110 cm³/mol. The van der Waals surface area contributed by atoms with Gasteiger partial charge in [0.05, 0.1) is 11.0 Å². The summed E-state index contributed by atoms with van der Waals surface area (Å²) in [5.74, 6) is 0.118. The Morgan fingerprint density at radius 3 is 2.07 bits per heavy atom. The quantitative estimate of drug-likeness (QED) is 0.358. The number of fused-ring (bicyclic) bond motifs is 6. The lowest BCUT2D eigenvalue weighted by molar-refractivity contribution is 0.104. The second-order valence-corrected chi connectivity index (χ2v) is 6.98. The molecule has 0 atom stereocenters. The molecule has 6 rings (SSSR count). The van der Waals surface area contributed by atoms with Crippen LogP contribution in [0.5, 0.6) is 0 Å². The second-order valence-electron chi connectivity index (χ2n) is 6.98. The van der Waals surface area contributed by atoms with Crippen LogP contribution in [0.2, 0.25) is 0 Å². The highest BCUT2D eigenvalue weighted by atomic mass is 16.1. The van der Waals surface area contributed by atoms with E-state index < -0.39 is 0 Å². The Hall–Kier alpha value is -3.65. The molecule has 1 aromatic heterocycles. The molecular weight excluding hydrogens is 330 g/mol. The highest BCUT2D eigenvalue weighted by Gasteiger charge is 2.28. The lowest BCUT2D eigenvalue weighted by Crippen LogP contribution is -1.97. The van der Waals surface area contributed by atoms with Crippen LogP contribution in [0.25, 0.3) is 38.6 Å². The maximum absolute atomic E-state index is 13.0. The van der Waals surface area contributed by atoms with Crippen LogP contribution in [0.1, 0.15) is 15.9 Å². The molecule has 0 saturated heterocycles. The molecule has 0 spiro atoms. The van der Waals surface area contributed by atoms with Gasteiger partial charge in [0, 0.05) is 27.6 Å². The minimum atomic E-state index is 0.118. The number of carbonyl (C=O) groups is 1. The van der Waals surface area contributed by atoms with Crippen molar-refractivity contribution in [3.8, 4) is 16.8 Å². The zero-order valence-corrected chi connectivity index (χ0v) is 14.5. The SMILES string of the molecule is O=C1c2ccccc2-c2cc3c4ccccc4n(-c4ccccc4)c3cc21. The topological polar surface area (TPSA) is 22.0 Å². The molecule has 27 heavy (non-hydrogen) atoms. The van der Waals surface area contributed by atoms with Gasteiger partial charge in [0.2, 0.25) is 0 Å². The van der Waals surface area contributed by atoms with Crippen molar-refractivity contribution >= 4 is 27.6 Å². The zero-order chi connectivity index (χ0) is 18.0. The maximum atomic E-state index is 13.0. The molecule has 2 heteroatoms. The molecule has 1 heterocycles. The van der Waals surface area contributed by atoms with Crippen LogP contribution in [-0.4, -0.2) is 10.4 Å². The summed E-state index contributed by atoms with van der Waals surface area (Å²) >= 11 is 0. The Morgan fingerprint density at radius 2 is 1.22 bits per heavy atom. The van der Waals surface area contributed by atoms with Gasteiger partial charge in [0.25, 0.3) is 0 Å². The zero-order valence-electron chi connectivity index (χ0n) is 14.5. The van der Waals surface area contributed by atoms with Gasteiger partial charge in [0.15, 0.2) is 5.78 Å². The van der Waals surface area contributed by atoms with Crippen molar-refractivity contribution in [3.05, 3.63) is 102 Å². The molecule has 0 saturated carbocycles. The van der Waals surface area contributed by atoms with Crippen LogP contribution in [0.4, 0.5) is 0 Å². The first kappa shape index (κ1) is 14.5.